The van der Waals surface area contributed by atoms with E-state index in [0.717, 1.165) is 5.56 Å². The van der Waals surface area contributed by atoms with Gasteiger partial charge in [0.2, 0.25) is 5.91 Å². The predicted octanol–water partition coefficient (Wildman–Crippen LogP) is 2.69. The van der Waals surface area contributed by atoms with Crippen LogP contribution in [0.15, 0.2) is 48.5 Å². The van der Waals surface area contributed by atoms with Gasteiger partial charge < -0.3 is 10.1 Å². The molecule has 2 aromatic carbocycles. The Balaban J connectivity index is 2.09. The van der Waals surface area contributed by atoms with Gasteiger partial charge in [-0.15, -0.1) is 0 Å². The van der Waals surface area contributed by atoms with Gasteiger partial charge in [-0.1, -0.05) is 30.3 Å². The van der Waals surface area contributed by atoms with Crippen molar-refractivity contribution in [2.75, 3.05) is 12.9 Å². The van der Waals surface area contributed by atoms with Crippen LogP contribution < -0.4 is 10.1 Å². The van der Waals surface area contributed by atoms with Gasteiger partial charge in [0, 0.05) is 11.1 Å². The van der Waals surface area contributed by atoms with Gasteiger partial charge in [0.05, 0.1) is 18.9 Å². The van der Waals surface area contributed by atoms with Crippen molar-refractivity contribution in [2.24, 2.45) is 0 Å². The summed E-state index contributed by atoms with van der Waals surface area (Å²) < 4.78 is 30.1. The highest BCUT2D eigenvalue weighted by atomic mass is 32.2. The first-order chi connectivity index (χ1) is 12.7. The fourth-order valence-corrected chi connectivity index (χ4v) is 3.99. The minimum Gasteiger partial charge on any atom is -0.496 e. The van der Waals surface area contributed by atoms with E-state index in [1.165, 1.54) is 20.1 Å². The Kier molecular flexibility index (Phi) is 6.74. The van der Waals surface area contributed by atoms with Crippen LogP contribution in [0.25, 0.3) is 0 Å². The molecule has 0 aliphatic rings. The molecule has 2 aromatic rings. The summed E-state index contributed by atoms with van der Waals surface area (Å²) in [5.74, 6) is -1.41. The zero-order valence-electron chi connectivity index (χ0n) is 15.6. The lowest BCUT2D eigenvalue weighted by Gasteiger charge is -2.15. The molecule has 0 saturated carbocycles. The number of carbonyl (C=O) groups excluding carboxylic acids is 2. The first kappa shape index (κ1) is 20.6. The molecule has 1 N–H and O–H groups in total. The fourth-order valence-electron chi connectivity index (χ4n) is 2.71. The number of methoxy groups -OCH3 is 1. The van der Waals surface area contributed by atoms with Crippen molar-refractivity contribution in [3.8, 4) is 5.75 Å². The maximum atomic E-state index is 12.5. The predicted molar refractivity (Wildman–Crippen MR) is 103 cm³/mol. The molecular weight excluding hydrogens is 366 g/mol. The average Bonchev–Trinajstić information content (AvgIpc) is 2.61. The standard InChI is InChI=1S/C20H23NO5S/c1-14(16-7-5-4-6-8-16)21-20(23)13-27(24,25)12-18-11-17(15(2)22)9-10-19(18)26-3/h4-11,14H,12-13H2,1-3H3,(H,21,23). The highest BCUT2D eigenvalue weighted by Crippen LogP contribution is 2.23. The molecule has 27 heavy (non-hydrogen) atoms. The molecule has 0 saturated heterocycles. The van der Waals surface area contributed by atoms with Crippen LogP contribution in [0.2, 0.25) is 0 Å². The lowest BCUT2D eigenvalue weighted by Crippen LogP contribution is -2.32. The van der Waals surface area contributed by atoms with Crippen LogP contribution >= 0.6 is 0 Å². The van der Waals surface area contributed by atoms with Crippen LogP contribution in [0.1, 0.15) is 41.4 Å². The van der Waals surface area contributed by atoms with Gasteiger partial charge in [-0.05, 0) is 37.6 Å². The summed E-state index contributed by atoms with van der Waals surface area (Å²) in [6, 6.07) is 13.6. The van der Waals surface area contributed by atoms with E-state index in [9.17, 15) is 18.0 Å². The minimum absolute atomic E-state index is 0.175. The number of Topliss-reactive ketones (excluding diaryl/α,β-unsaturated/α-hetero) is 1. The summed E-state index contributed by atoms with van der Waals surface area (Å²) in [7, 11) is -2.32. The number of rotatable bonds is 8. The second-order valence-electron chi connectivity index (χ2n) is 6.31. The number of carbonyl (C=O) groups is 2. The Morgan fingerprint density at radius 2 is 1.78 bits per heavy atom. The van der Waals surface area contributed by atoms with Crippen molar-refractivity contribution >= 4 is 21.5 Å². The van der Waals surface area contributed by atoms with E-state index in [1.54, 1.807) is 19.1 Å². The zero-order chi connectivity index (χ0) is 20.0. The summed E-state index contributed by atoms with van der Waals surface area (Å²) in [4.78, 5) is 23.7. The van der Waals surface area contributed by atoms with Crippen LogP contribution in [0.4, 0.5) is 0 Å². The summed E-state index contributed by atoms with van der Waals surface area (Å²) >= 11 is 0. The number of amides is 1. The molecule has 2 rings (SSSR count). The van der Waals surface area contributed by atoms with Crippen molar-refractivity contribution in [1.29, 1.82) is 0 Å². The molecule has 7 heteroatoms. The first-order valence-corrected chi connectivity index (χ1v) is 10.3. The monoisotopic (exact) mass is 389 g/mol. The molecular formula is C20H23NO5S. The first-order valence-electron chi connectivity index (χ1n) is 8.44. The maximum Gasteiger partial charge on any atom is 0.235 e. The molecule has 0 heterocycles. The van der Waals surface area contributed by atoms with Gasteiger partial charge in [-0.25, -0.2) is 8.42 Å². The molecule has 1 unspecified atom stereocenters. The number of hydrogen-bond donors (Lipinski definition) is 1. The summed E-state index contributed by atoms with van der Waals surface area (Å²) in [6.45, 7) is 3.19. The van der Waals surface area contributed by atoms with E-state index >= 15 is 0 Å². The lowest BCUT2D eigenvalue weighted by molar-refractivity contribution is -0.119. The Hall–Kier alpha value is -2.67. The van der Waals surface area contributed by atoms with Crippen LogP contribution in [-0.4, -0.2) is 33.0 Å². The topological polar surface area (TPSA) is 89.5 Å². The average molecular weight is 389 g/mol. The van der Waals surface area contributed by atoms with Crippen LogP contribution in [-0.2, 0) is 20.4 Å². The van der Waals surface area contributed by atoms with E-state index in [1.807, 2.05) is 30.3 Å². The van der Waals surface area contributed by atoms with E-state index in [2.05, 4.69) is 5.32 Å². The van der Waals surface area contributed by atoms with Gasteiger partial charge in [-0.3, -0.25) is 9.59 Å². The van der Waals surface area contributed by atoms with Crippen LogP contribution in [0, 0.1) is 0 Å². The van der Waals surface area contributed by atoms with Crippen LogP contribution in [0.5, 0.6) is 5.75 Å². The third-order valence-electron chi connectivity index (χ3n) is 4.09. The smallest absolute Gasteiger partial charge is 0.235 e. The summed E-state index contributed by atoms with van der Waals surface area (Å²) in [6.07, 6.45) is 0. The van der Waals surface area contributed by atoms with Gasteiger partial charge in [0.15, 0.2) is 15.6 Å². The van der Waals surface area contributed by atoms with Gasteiger partial charge in [0.1, 0.15) is 11.5 Å². The molecule has 0 fully saturated rings. The zero-order valence-corrected chi connectivity index (χ0v) is 16.4. The molecule has 0 spiro atoms. The van der Waals surface area contributed by atoms with E-state index in [4.69, 9.17) is 4.74 Å². The second-order valence-corrected chi connectivity index (χ2v) is 8.38. The maximum absolute atomic E-state index is 12.5. The molecule has 0 aromatic heterocycles. The molecule has 6 nitrogen and oxygen atoms in total. The van der Waals surface area contributed by atoms with E-state index < -0.39 is 21.5 Å². The highest BCUT2D eigenvalue weighted by Gasteiger charge is 2.21. The van der Waals surface area contributed by atoms with Crippen molar-refractivity contribution in [3.63, 3.8) is 0 Å². The highest BCUT2D eigenvalue weighted by molar-refractivity contribution is 7.91. The van der Waals surface area contributed by atoms with Crippen molar-refractivity contribution < 1.29 is 22.7 Å². The number of hydrogen-bond acceptors (Lipinski definition) is 5. The largest absolute Gasteiger partial charge is 0.496 e. The molecule has 0 aliphatic carbocycles. The number of ether oxygens (including phenoxy) is 1. The number of ketones is 1. The Morgan fingerprint density at radius 3 is 2.37 bits per heavy atom. The van der Waals surface area contributed by atoms with Crippen molar-refractivity contribution in [1.82, 2.24) is 5.32 Å². The summed E-state index contributed by atoms with van der Waals surface area (Å²) in [5.41, 5.74) is 1.64. The molecule has 0 radical (unpaired) electrons. The molecule has 0 aliphatic heterocycles. The van der Waals surface area contributed by atoms with Crippen molar-refractivity contribution in [2.45, 2.75) is 25.6 Å². The SMILES string of the molecule is COc1ccc(C(C)=O)cc1CS(=O)(=O)CC(=O)NC(C)c1ccccc1. The number of benzene rings is 2. The molecule has 144 valence electrons. The fraction of sp³-hybridized carbons (Fsp3) is 0.300. The lowest BCUT2D eigenvalue weighted by atomic mass is 10.1. The molecule has 0 bridgehead atoms. The molecule has 1 atom stereocenters. The third kappa shape index (κ3) is 5.92. The third-order valence-corrected chi connectivity index (χ3v) is 5.54. The van der Waals surface area contributed by atoms with Crippen molar-refractivity contribution in [3.05, 3.63) is 65.2 Å². The van der Waals surface area contributed by atoms with Crippen LogP contribution in [0.3, 0.4) is 0 Å². The summed E-state index contributed by atoms with van der Waals surface area (Å²) in [5, 5.41) is 2.69. The minimum atomic E-state index is -3.74. The van der Waals surface area contributed by atoms with Gasteiger partial charge >= 0.3 is 0 Å². The van der Waals surface area contributed by atoms with E-state index in [0.29, 0.717) is 16.9 Å². The van der Waals surface area contributed by atoms with Gasteiger partial charge in [0.25, 0.3) is 0 Å². The normalized spacial score (nSPS) is 12.3. The Bertz CT molecular complexity index is 923. The number of sulfone groups is 1. The van der Waals surface area contributed by atoms with Gasteiger partial charge in [-0.2, -0.15) is 0 Å². The Morgan fingerprint density at radius 1 is 1.11 bits per heavy atom. The second kappa shape index (κ2) is 8.81. The molecule has 1 amide bonds. The Labute approximate surface area is 159 Å². The quantitative estimate of drug-likeness (QED) is 0.701. The number of nitrogens with one attached hydrogen (secondary N) is 1. The van der Waals surface area contributed by atoms with E-state index in [-0.39, 0.29) is 17.6 Å².